The summed E-state index contributed by atoms with van der Waals surface area (Å²) in [6.45, 7) is 0. The van der Waals surface area contributed by atoms with Gasteiger partial charge in [0, 0.05) is 6.07 Å². The fourth-order valence-electron chi connectivity index (χ4n) is 1.17. The van der Waals surface area contributed by atoms with Crippen LogP contribution in [-0.4, -0.2) is 9.78 Å². The highest BCUT2D eigenvalue weighted by Gasteiger charge is 2.08. The largest absolute Gasteiger partial charge is 0.382 e. The van der Waals surface area contributed by atoms with Crippen LogP contribution >= 0.6 is 22.6 Å². The molecule has 72 valence electrons. The molecule has 2 rings (SSSR count). The Bertz CT molecular complexity index is 467. The Hall–Kier alpha value is -1.11. The summed E-state index contributed by atoms with van der Waals surface area (Å²) in [5.74, 6) is 0.0752. The Morgan fingerprint density at radius 3 is 2.64 bits per heavy atom. The number of benzene rings is 1. The van der Waals surface area contributed by atoms with Gasteiger partial charge in [-0.25, -0.2) is 9.07 Å². The number of nitrogen functional groups attached to an aromatic ring is 1. The average Bonchev–Trinajstić information content (AvgIpc) is 2.46. The molecular weight excluding hydrogens is 296 g/mol. The first kappa shape index (κ1) is 9.45. The number of nitrogens with zero attached hydrogens (tertiary/aromatic N) is 2. The van der Waals surface area contributed by atoms with Gasteiger partial charge in [-0.3, -0.25) is 0 Å². The van der Waals surface area contributed by atoms with Crippen LogP contribution in [0.2, 0.25) is 0 Å². The second-order valence-electron chi connectivity index (χ2n) is 2.76. The van der Waals surface area contributed by atoms with Gasteiger partial charge in [0.25, 0.3) is 0 Å². The number of nitrogens with two attached hydrogens (primary N) is 1. The molecule has 1 aromatic carbocycles. The van der Waals surface area contributed by atoms with Crippen LogP contribution in [0.15, 0.2) is 30.3 Å². The molecule has 0 atom stereocenters. The zero-order valence-corrected chi connectivity index (χ0v) is 9.27. The third kappa shape index (κ3) is 1.59. The molecule has 0 aliphatic heterocycles. The highest BCUT2D eigenvalue weighted by molar-refractivity contribution is 14.1. The van der Waals surface area contributed by atoms with Crippen LogP contribution in [0.5, 0.6) is 0 Å². The number of anilines is 1. The van der Waals surface area contributed by atoms with E-state index in [1.807, 2.05) is 0 Å². The summed E-state index contributed by atoms with van der Waals surface area (Å²) in [6, 6.07) is 8.13. The van der Waals surface area contributed by atoms with Gasteiger partial charge in [-0.2, -0.15) is 0 Å². The highest BCUT2D eigenvalue weighted by Crippen LogP contribution is 2.17. The van der Waals surface area contributed by atoms with Crippen molar-refractivity contribution in [2.24, 2.45) is 0 Å². The van der Waals surface area contributed by atoms with E-state index in [-0.39, 0.29) is 5.82 Å². The van der Waals surface area contributed by atoms with Crippen molar-refractivity contribution in [3.05, 3.63) is 39.8 Å². The Morgan fingerprint density at radius 1 is 1.36 bits per heavy atom. The first-order chi connectivity index (χ1) is 6.68. The quantitative estimate of drug-likeness (QED) is 0.821. The molecule has 0 spiro atoms. The summed E-state index contributed by atoms with van der Waals surface area (Å²) in [7, 11) is 0. The predicted molar refractivity (Wildman–Crippen MR) is 60.7 cm³/mol. The summed E-state index contributed by atoms with van der Waals surface area (Å²) in [5, 5.41) is 3.99. The number of halogens is 2. The smallest absolute Gasteiger partial charge is 0.148 e. The van der Waals surface area contributed by atoms with Crippen LogP contribution < -0.4 is 5.73 Å². The van der Waals surface area contributed by atoms with Crippen LogP contribution in [0, 0.1) is 9.52 Å². The summed E-state index contributed by atoms with van der Waals surface area (Å²) in [6.07, 6.45) is 0. The van der Waals surface area contributed by atoms with E-state index < -0.39 is 0 Å². The third-order valence-electron chi connectivity index (χ3n) is 1.77. The SMILES string of the molecule is Nc1cc(I)n(-c2ccccc2F)n1. The Balaban J connectivity index is 2.60. The van der Waals surface area contributed by atoms with E-state index in [9.17, 15) is 4.39 Å². The molecule has 2 N–H and O–H groups in total. The summed E-state index contributed by atoms with van der Waals surface area (Å²) < 4.78 is 15.6. The van der Waals surface area contributed by atoms with Gasteiger partial charge in [-0.05, 0) is 34.7 Å². The van der Waals surface area contributed by atoms with Gasteiger partial charge in [-0.15, -0.1) is 5.10 Å². The predicted octanol–water partition coefficient (Wildman–Crippen LogP) is 2.20. The van der Waals surface area contributed by atoms with Crippen molar-refractivity contribution in [2.45, 2.75) is 0 Å². The fraction of sp³-hybridized carbons (Fsp3) is 0. The second kappa shape index (κ2) is 3.56. The monoisotopic (exact) mass is 303 g/mol. The summed E-state index contributed by atoms with van der Waals surface area (Å²) >= 11 is 2.06. The van der Waals surface area contributed by atoms with Gasteiger partial charge in [0.1, 0.15) is 21.0 Å². The van der Waals surface area contributed by atoms with Gasteiger partial charge in [0.15, 0.2) is 0 Å². The van der Waals surface area contributed by atoms with Gasteiger partial charge in [0.05, 0.1) is 0 Å². The molecule has 5 heteroatoms. The van der Waals surface area contributed by atoms with E-state index in [0.29, 0.717) is 11.5 Å². The van der Waals surface area contributed by atoms with Crippen LogP contribution in [0.1, 0.15) is 0 Å². The van der Waals surface area contributed by atoms with Gasteiger partial charge in [-0.1, -0.05) is 12.1 Å². The van der Waals surface area contributed by atoms with Crippen LogP contribution in [-0.2, 0) is 0 Å². The van der Waals surface area contributed by atoms with E-state index >= 15 is 0 Å². The molecule has 0 bridgehead atoms. The molecule has 0 radical (unpaired) electrons. The minimum atomic E-state index is -0.312. The first-order valence-electron chi connectivity index (χ1n) is 3.94. The van der Waals surface area contributed by atoms with Gasteiger partial charge >= 0.3 is 0 Å². The van der Waals surface area contributed by atoms with E-state index in [1.54, 1.807) is 24.3 Å². The maximum atomic E-state index is 13.4. The number of hydrogen-bond donors (Lipinski definition) is 1. The maximum Gasteiger partial charge on any atom is 0.148 e. The number of rotatable bonds is 1. The Labute approximate surface area is 93.9 Å². The number of para-hydroxylation sites is 1. The number of aromatic nitrogens is 2. The Morgan fingerprint density at radius 2 is 2.07 bits per heavy atom. The lowest BCUT2D eigenvalue weighted by Gasteiger charge is -2.03. The minimum Gasteiger partial charge on any atom is -0.382 e. The lowest BCUT2D eigenvalue weighted by molar-refractivity contribution is 0.609. The molecule has 0 unspecified atom stereocenters. The molecular formula is C9H7FIN3. The van der Waals surface area contributed by atoms with Crippen molar-refractivity contribution in [1.29, 1.82) is 0 Å². The molecule has 0 fully saturated rings. The molecule has 1 aromatic heterocycles. The lowest BCUT2D eigenvalue weighted by atomic mass is 10.3. The molecule has 0 aliphatic carbocycles. The van der Waals surface area contributed by atoms with Crippen LogP contribution in [0.25, 0.3) is 5.69 Å². The second-order valence-corrected chi connectivity index (χ2v) is 3.86. The van der Waals surface area contributed by atoms with E-state index in [1.165, 1.54) is 10.7 Å². The topological polar surface area (TPSA) is 43.8 Å². The van der Waals surface area contributed by atoms with Gasteiger partial charge < -0.3 is 5.73 Å². The van der Waals surface area contributed by atoms with Crippen LogP contribution in [0.3, 0.4) is 0 Å². The standard InChI is InChI=1S/C9H7FIN3/c10-6-3-1-2-4-7(6)14-8(11)5-9(12)13-14/h1-5H,(H2,12,13). The van der Waals surface area contributed by atoms with E-state index in [0.717, 1.165) is 3.70 Å². The minimum absolute atomic E-state index is 0.312. The molecule has 0 saturated carbocycles. The molecule has 0 amide bonds. The normalized spacial score (nSPS) is 10.4. The Kier molecular flexibility index (Phi) is 2.40. The zero-order valence-electron chi connectivity index (χ0n) is 7.11. The first-order valence-corrected chi connectivity index (χ1v) is 5.02. The maximum absolute atomic E-state index is 13.4. The molecule has 0 aliphatic rings. The van der Waals surface area contributed by atoms with Crippen molar-refractivity contribution < 1.29 is 4.39 Å². The molecule has 2 aromatic rings. The van der Waals surface area contributed by atoms with Gasteiger partial charge in [0.2, 0.25) is 0 Å². The molecule has 14 heavy (non-hydrogen) atoms. The van der Waals surface area contributed by atoms with Crippen molar-refractivity contribution in [3.63, 3.8) is 0 Å². The van der Waals surface area contributed by atoms with Crippen molar-refractivity contribution in [2.75, 3.05) is 5.73 Å². The zero-order chi connectivity index (χ0) is 10.1. The third-order valence-corrected chi connectivity index (χ3v) is 2.53. The van der Waals surface area contributed by atoms with Crippen molar-refractivity contribution >= 4 is 28.4 Å². The average molecular weight is 303 g/mol. The molecule has 0 saturated heterocycles. The van der Waals surface area contributed by atoms with E-state index in [2.05, 4.69) is 27.7 Å². The number of hydrogen-bond acceptors (Lipinski definition) is 2. The highest BCUT2D eigenvalue weighted by atomic mass is 127. The molecule has 1 heterocycles. The van der Waals surface area contributed by atoms with Crippen molar-refractivity contribution in [3.8, 4) is 5.69 Å². The summed E-state index contributed by atoms with van der Waals surface area (Å²) in [5.41, 5.74) is 5.92. The van der Waals surface area contributed by atoms with Crippen molar-refractivity contribution in [1.82, 2.24) is 9.78 Å². The lowest BCUT2D eigenvalue weighted by Crippen LogP contribution is -2.01. The van der Waals surface area contributed by atoms with E-state index in [4.69, 9.17) is 5.73 Å². The fourth-order valence-corrected chi connectivity index (χ4v) is 1.85. The molecule has 3 nitrogen and oxygen atoms in total. The summed E-state index contributed by atoms with van der Waals surface area (Å²) in [4.78, 5) is 0. The van der Waals surface area contributed by atoms with Crippen LogP contribution in [0.4, 0.5) is 10.2 Å².